The molecule has 0 unspecified atom stereocenters. The number of anilines is 1. The van der Waals surface area contributed by atoms with Crippen LogP contribution in [-0.2, 0) is 11.3 Å². The standard InChI is InChI=1S/C22H17N5O2S/c28-19(15-27-22(29)10-9-18(26-27)16-6-2-1-3-7-16)25-17-11-13-24-21(14-17)30-20-8-4-5-12-23-20/h1-14H,15H2,(H,24,25,28). The van der Waals surface area contributed by atoms with Gasteiger partial charge in [0.25, 0.3) is 5.56 Å². The molecule has 148 valence electrons. The number of nitrogens with one attached hydrogen (secondary N) is 1. The fraction of sp³-hybridized carbons (Fsp3) is 0.0455. The van der Waals surface area contributed by atoms with Crippen LogP contribution in [0.15, 0.2) is 100 Å². The van der Waals surface area contributed by atoms with Gasteiger partial charge in [0.15, 0.2) is 0 Å². The molecule has 0 saturated carbocycles. The molecule has 1 N–H and O–H groups in total. The molecule has 4 rings (SSSR count). The van der Waals surface area contributed by atoms with Crippen molar-refractivity contribution >= 4 is 23.4 Å². The Morgan fingerprint density at radius 3 is 2.50 bits per heavy atom. The molecule has 0 aliphatic rings. The van der Waals surface area contributed by atoms with Crippen LogP contribution in [0.5, 0.6) is 0 Å². The van der Waals surface area contributed by atoms with Crippen molar-refractivity contribution in [2.75, 3.05) is 5.32 Å². The molecule has 0 aliphatic heterocycles. The zero-order chi connectivity index (χ0) is 20.8. The second-order valence-corrected chi connectivity index (χ2v) is 7.32. The first-order chi connectivity index (χ1) is 14.7. The number of nitrogens with zero attached hydrogens (tertiary/aromatic N) is 4. The summed E-state index contributed by atoms with van der Waals surface area (Å²) < 4.78 is 1.16. The highest BCUT2D eigenvalue weighted by molar-refractivity contribution is 7.99. The summed E-state index contributed by atoms with van der Waals surface area (Å²) in [7, 11) is 0. The van der Waals surface area contributed by atoms with Crippen molar-refractivity contribution in [2.45, 2.75) is 16.6 Å². The molecule has 8 heteroatoms. The number of carbonyl (C=O) groups is 1. The largest absolute Gasteiger partial charge is 0.324 e. The number of amides is 1. The van der Waals surface area contributed by atoms with Gasteiger partial charge in [-0.25, -0.2) is 14.6 Å². The number of hydrogen-bond acceptors (Lipinski definition) is 6. The van der Waals surface area contributed by atoms with Gasteiger partial charge >= 0.3 is 0 Å². The second-order valence-electron chi connectivity index (χ2n) is 6.28. The lowest BCUT2D eigenvalue weighted by atomic mass is 10.1. The van der Waals surface area contributed by atoms with Crippen molar-refractivity contribution < 1.29 is 4.79 Å². The van der Waals surface area contributed by atoms with Crippen molar-refractivity contribution in [2.24, 2.45) is 0 Å². The van der Waals surface area contributed by atoms with Crippen molar-refractivity contribution in [3.05, 3.63) is 95.5 Å². The van der Waals surface area contributed by atoms with E-state index in [1.54, 1.807) is 30.6 Å². The van der Waals surface area contributed by atoms with Gasteiger partial charge in [-0.1, -0.05) is 48.2 Å². The Bertz CT molecular complexity index is 1210. The van der Waals surface area contributed by atoms with E-state index >= 15 is 0 Å². The number of pyridine rings is 2. The fourth-order valence-electron chi connectivity index (χ4n) is 2.72. The van der Waals surface area contributed by atoms with Gasteiger partial charge < -0.3 is 5.32 Å². The van der Waals surface area contributed by atoms with E-state index in [2.05, 4.69) is 20.4 Å². The maximum atomic E-state index is 12.5. The molecule has 3 heterocycles. The number of carbonyl (C=O) groups excluding carboxylic acids is 1. The Balaban J connectivity index is 1.46. The average molecular weight is 415 g/mol. The monoisotopic (exact) mass is 415 g/mol. The molecule has 0 saturated heterocycles. The summed E-state index contributed by atoms with van der Waals surface area (Å²) in [5.41, 5.74) is 1.74. The zero-order valence-electron chi connectivity index (χ0n) is 15.8. The Hall–Kier alpha value is -3.78. The first-order valence-corrected chi connectivity index (χ1v) is 9.97. The summed E-state index contributed by atoms with van der Waals surface area (Å²) in [6, 6.07) is 21.6. The van der Waals surface area contributed by atoms with E-state index in [1.807, 2.05) is 48.5 Å². The Labute approximate surface area is 176 Å². The van der Waals surface area contributed by atoms with Crippen LogP contribution < -0.4 is 10.9 Å². The third kappa shape index (κ3) is 4.98. The fourth-order valence-corrected chi connectivity index (χ4v) is 3.49. The highest BCUT2D eigenvalue weighted by atomic mass is 32.2. The molecule has 1 amide bonds. The maximum Gasteiger partial charge on any atom is 0.267 e. The summed E-state index contributed by atoms with van der Waals surface area (Å²) in [6.45, 7) is -0.190. The topological polar surface area (TPSA) is 89.8 Å². The van der Waals surface area contributed by atoms with Crippen LogP contribution in [0.2, 0.25) is 0 Å². The molecule has 0 fully saturated rings. The number of benzene rings is 1. The molecule has 0 bridgehead atoms. The van der Waals surface area contributed by atoms with Crippen LogP contribution in [0.4, 0.5) is 5.69 Å². The highest BCUT2D eigenvalue weighted by Gasteiger charge is 2.09. The van der Waals surface area contributed by atoms with Gasteiger partial charge in [0.2, 0.25) is 5.91 Å². The van der Waals surface area contributed by atoms with Gasteiger partial charge in [0.05, 0.1) is 5.69 Å². The van der Waals surface area contributed by atoms with Crippen LogP contribution in [0, 0.1) is 0 Å². The van der Waals surface area contributed by atoms with E-state index < -0.39 is 0 Å². The van der Waals surface area contributed by atoms with Gasteiger partial charge in [-0.05, 0) is 30.3 Å². The molecule has 1 aromatic carbocycles. The van der Waals surface area contributed by atoms with Crippen LogP contribution in [-0.4, -0.2) is 25.7 Å². The van der Waals surface area contributed by atoms with Crippen LogP contribution >= 0.6 is 11.8 Å². The van der Waals surface area contributed by atoms with E-state index in [9.17, 15) is 9.59 Å². The molecule has 0 aliphatic carbocycles. The average Bonchev–Trinajstić information content (AvgIpc) is 2.77. The molecular formula is C22H17N5O2S. The quantitative estimate of drug-likeness (QED) is 0.518. The number of hydrogen-bond donors (Lipinski definition) is 1. The van der Waals surface area contributed by atoms with E-state index in [-0.39, 0.29) is 18.0 Å². The van der Waals surface area contributed by atoms with Crippen molar-refractivity contribution in [3.8, 4) is 11.3 Å². The summed E-state index contributed by atoms with van der Waals surface area (Å²) in [5.74, 6) is -0.352. The second kappa shape index (κ2) is 9.15. The summed E-state index contributed by atoms with van der Waals surface area (Å²) in [6.07, 6.45) is 3.32. The van der Waals surface area contributed by atoms with Crippen LogP contribution in [0.3, 0.4) is 0 Å². The van der Waals surface area contributed by atoms with Gasteiger partial charge in [-0.15, -0.1) is 0 Å². The van der Waals surface area contributed by atoms with E-state index in [0.717, 1.165) is 15.3 Å². The molecule has 30 heavy (non-hydrogen) atoms. The predicted octanol–water partition coefficient (Wildman–Crippen LogP) is 3.49. The zero-order valence-corrected chi connectivity index (χ0v) is 16.6. The molecular weight excluding hydrogens is 398 g/mol. The molecule has 0 spiro atoms. The predicted molar refractivity (Wildman–Crippen MR) is 115 cm³/mol. The number of aromatic nitrogens is 4. The summed E-state index contributed by atoms with van der Waals surface area (Å²) in [5, 5.41) is 8.62. The van der Waals surface area contributed by atoms with Gasteiger partial charge in [0, 0.05) is 29.7 Å². The summed E-state index contributed by atoms with van der Waals surface area (Å²) in [4.78, 5) is 33.2. The lowest BCUT2D eigenvalue weighted by Crippen LogP contribution is -2.29. The first kappa shape index (κ1) is 19.5. The van der Waals surface area contributed by atoms with Gasteiger partial charge in [-0.2, -0.15) is 5.10 Å². The minimum absolute atomic E-state index is 0.190. The van der Waals surface area contributed by atoms with Gasteiger partial charge in [0.1, 0.15) is 16.6 Å². The van der Waals surface area contributed by atoms with Crippen molar-refractivity contribution in [3.63, 3.8) is 0 Å². The smallest absolute Gasteiger partial charge is 0.267 e. The minimum atomic E-state index is -0.352. The Kier molecular flexibility index (Phi) is 5.95. The Morgan fingerprint density at radius 1 is 0.900 bits per heavy atom. The number of rotatable bonds is 6. The van der Waals surface area contributed by atoms with E-state index in [0.29, 0.717) is 16.4 Å². The SMILES string of the molecule is O=C(Cn1nc(-c2ccccc2)ccc1=O)Nc1ccnc(Sc2ccccn2)c1. The summed E-state index contributed by atoms with van der Waals surface area (Å²) >= 11 is 1.39. The lowest BCUT2D eigenvalue weighted by Gasteiger charge is -2.09. The maximum absolute atomic E-state index is 12.5. The third-order valence-corrected chi connectivity index (χ3v) is 4.98. The van der Waals surface area contributed by atoms with Crippen molar-refractivity contribution in [1.29, 1.82) is 0 Å². The lowest BCUT2D eigenvalue weighted by molar-refractivity contribution is -0.117. The molecule has 7 nitrogen and oxygen atoms in total. The first-order valence-electron chi connectivity index (χ1n) is 9.16. The molecule has 0 atom stereocenters. The molecule has 0 radical (unpaired) electrons. The van der Waals surface area contributed by atoms with Gasteiger partial charge in [-0.3, -0.25) is 9.59 Å². The van der Waals surface area contributed by atoms with Crippen LogP contribution in [0.1, 0.15) is 0 Å². The van der Waals surface area contributed by atoms with E-state index in [1.165, 1.54) is 17.8 Å². The highest BCUT2D eigenvalue weighted by Crippen LogP contribution is 2.25. The third-order valence-electron chi connectivity index (χ3n) is 4.10. The van der Waals surface area contributed by atoms with Crippen molar-refractivity contribution in [1.82, 2.24) is 19.7 Å². The Morgan fingerprint density at radius 2 is 1.70 bits per heavy atom. The molecule has 4 aromatic rings. The normalized spacial score (nSPS) is 10.5. The molecule has 3 aromatic heterocycles. The minimum Gasteiger partial charge on any atom is -0.324 e. The van der Waals surface area contributed by atoms with E-state index in [4.69, 9.17) is 0 Å². The van der Waals surface area contributed by atoms with Crippen LogP contribution in [0.25, 0.3) is 11.3 Å².